The van der Waals surface area contributed by atoms with Gasteiger partial charge in [-0.25, -0.2) is 4.98 Å². The molecule has 0 aliphatic heterocycles. The summed E-state index contributed by atoms with van der Waals surface area (Å²) in [7, 11) is 1.75. The van der Waals surface area contributed by atoms with Gasteiger partial charge in [0, 0.05) is 42.1 Å². The Balaban J connectivity index is 1.63. The largest absolute Gasteiger partial charge is 0.336 e. The average molecular weight is 432 g/mol. The molecule has 0 N–H and O–H groups in total. The van der Waals surface area contributed by atoms with Crippen molar-refractivity contribution in [2.75, 3.05) is 7.05 Å². The highest BCUT2D eigenvalue weighted by Crippen LogP contribution is 2.25. The highest BCUT2D eigenvalue weighted by atomic mass is 35.5. The molecule has 2 heterocycles. The zero-order valence-electron chi connectivity index (χ0n) is 17.4. The van der Waals surface area contributed by atoms with Gasteiger partial charge in [-0.05, 0) is 18.6 Å². The van der Waals surface area contributed by atoms with Gasteiger partial charge in [0.1, 0.15) is 5.69 Å². The first-order chi connectivity index (χ1) is 15.0. The lowest BCUT2D eigenvalue weighted by atomic mass is 10.1. The molecule has 2 aromatic carbocycles. The minimum absolute atomic E-state index is 0.189. The van der Waals surface area contributed by atoms with Crippen LogP contribution in [-0.4, -0.2) is 37.6 Å². The van der Waals surface area contributed by atoms with Gasteiger partial charge in [0.25, 0.3) is 5.91 Å². The molecule has 4 rings (SSSR count). The van der Waals surface area contributed by atoms with Crippen LogP contribution in [0, 0.1) is 6.92 Å². The number of carbonyl (C=O) groups is 1. The van der Waals surface area contributed by atoms with Crippen molar-refractivity contribution in [1.82, 2.24) is 24.6 Å². The van der Waals surface area contributed by atoms with Crippen LogP contribution in [0.25, 0.3) is 11.3 Å². The number of hydrogen-bond donors (Lipinski definition) is 0. The Morgan fingerprint density at radius 3 is 2.45 bits per heavy atom. The smallest absolute Gasteiger partial charge is 0.274 e. The van der Waals surface area contributed by atoms with Crippen LogP contribution in [-0.2, 0) is 13.1 Å². The van der Waals surface area contributed by atoms with E-state index in [0.717, 1.165) is 28.1 Å². The van der Waals surface area contributed by atoms with Crippen molar-refractivity contribution >= 4 is 17.5 Å². The van der Waals surface area contributed by atoms with E-state index >= 15 is 0 Å². The fourth-order valence-electron chi connectivity index (χ4n) is 3.33. The average Bonchev–Trinajstić information content (AvgIpc) is 3.18. The molecular formula is C24H22ClN5O. The summed E-state index contributed by atoms with van der Waals surface area (Å²) in [5, 5.41) is 5.51. The zero-order valence-corrected chi connectivity index (χ0v) is 18.1. The summed E-state index contributed by atoms with van der Waals surface area (Å²) in [6.45, 7) is 2.77. The lowest BCUT2D eigenvalue weighted by Crippen LogP contribution is -2.27. The third-order valence-corrected chi connectivity index (χ3v) is 5.30. The van der Waals surface area contributed by atoms with E-state index in [9.17, 15) is 4.79 Å². The molecule has 2 aromatic heterocycles. The first-order valence-electron chi connectivity index (χ1n) is 9.90. The van der Waals surface area contributed by atoms with Gasteiger partial charge < -0.3 is 4.90 Å². The van der Waals surface area contributed by atoms with Gasteiger partial charge in [-0.3, -0.25) is 14.5 Å². The van der Waals surface area contributed by atoms with Crippen LogP contribution >= 0.6 is 11.6 Å². The number of halogens is 1. The summed E-state index contributed by atoms with van der Waals surface area (Å²) in [6, 6.07) is 17.7. The molecule has 0 saturated heterocycles. The van der Waals surface area contributed by atoms with Crippen molar-refractivity contribution in [2.24, 2.45) is 0 Å². The maximum absolute atomic E-state index is 12.8. The second kappa shape index (κ2) is 9.10. The number of benzene rings is 2. The fraction of sp³-hybridized carbons (Fsp3) is 0.167. The van der Waals surface area contributed by atoms with Gasteiger partial charge in [-0.2, -0.15) is 5.10 Å². The number of aryl methyl sites for hydroxylation is 1. The van der Waals surface area contributed by atoms with Crippen molar-refractivity contribution in [3.05, 3.63) is 101 Å². The molecule has 0 aliphatic carbocycles. The van der Waals surface area contributed by atoms with Crippen LogP contribution in [0.5, 0.6) is 0 Å². The zero-order chi connectivity index (χ0) is 21.8. The van der Waals surface area contributed by atoms with Crippen molar-refractivity contribution in [3.63, 3.8) is 0 Å². The van der Waals surface area contributed by atoms with Crippen LogP contribution in [0.1, 0.15) is 27.3 Å². The molecule has 0 unspecified atom stereocenters. The van der Waals surface area contributed by atoms with E-state index in [4.69, 9.17) is 16.7 Å². The molecule has 7 heteroatoms. The summed E-state index contributed by atoms with van der Waals surface area (Å²) in [5.41, 5.74) is 4.84. The Labute approximate surface area is 186 Å². The van der Waals surface area contributed by atoms with Gasteiger partial charge >= 0.3 is 0 Å². The predicted octanol–water partition coefficient (Wildman–Crippen LogP) is 4.62. The molecule has 0 fully saturated rings. The van der Waals surface area contributed by atoms with Crippen LogP contribution in [0.4, 0.5) is 0 Å². The normalized spacial score (nSPS) is 10.8. The van der Waals surface area contributed by atoms with Gasteiger partial charge in [-0.15, -0.1) is 0 Å². The monoisotopic (exact) mass is 431 g/mol. The summed E-state index contributed by atoms with van der Waals surface area (Å²) in [4.78, 5) is 22.8. The Morgan fingerprint density at radius 1 is 1.00 bits per heavy atom. The topological polar surface area (TPSA) is 63.9 Å². The molecule has 4 aromatic rings. The standard InChI is InChI=1S/C24H22ClN5O/c1-17-12-27-22(13-26-17)24(31)29(2)14-20-16-30(15-19-10-6-7-11-21(19)25)28-23(20)18-8-4-3-5-9-18/h3-13,16H,14-15H2,1-2H3. The second-order valence-electron chi connectivity index (χ2n) is 7.36. The number of amides is 1. The quantitative estimate of drug-likeness (QED) is 0.446. The van der Waals surface area contributed by atoms with Crippen LogP contribution < -0.4 is 0 Å². The highest BCUT2D eigenvalue weighted by Gasteiger charge is 2.18. The molecule has 31 heavy (non-hydrogen) atoms. The predicted molar refractivity (Wildman–Crippen MR) is 121 cm³/mol. The van der Waals surface area contributed by atoms with E-state index in [1.807, 2.05) is 72.4 Å². The van der Waals surface area contributed by atoms with Gasteiger partial charge in [0.15, 0.2) is 0 Å². The Morgan fingerprint density at radius 2 is 1.74 bits per heavy atom. The maximum Gasteiger partial charge on any atom is 0.274 e. The lowest BCUT2D eigenvalue weighted by Gasteiger charge is -2.16. The van der Waals surface area contributed by atoms with Crippen molar-refractivity contribution in [2.45, 2.75) is 20.0 Å². The van der Waals surface area contributed by atoms with Crippen LogP contribution in [0.2, 0.25) is 5.02 Å². The van der Waals surface area contributed by atoms with Gasteiger partial charge in [0.05, 0.1) is 24.1 Å². The maximum atomic E-state index is 12.8. The Bertz CT molecular complexity index is 1190. The number of aromatic nitrogens is 4. The molecular weight excluding hydrogens is 410 g/mol. The molecule has 156 valence electrons. The molecule has 0 radical (unpaired) electrons. The van der Waals surface area contributed by atoms with Crippen LogP contribution in [0.15, 0.2) is 73.2 Å². The van der Waals surface area contributed by atoms with Gasteiger partial charge in [-0.1, -0.05) is 60.1 Å². The molecule has 0 aliphatic rings. The summed E-state index contributed by atoms with van der Waals surface area (Å²) in [6.07, 6.45) is 5.07. The number of hydrogen-bond acceptors (Lipinski definition) is 4. The van der Waals surface area contributed by atoms with E-state index in [1.165, 1.54) is 6.20 Å². The van der Waals surface area contributed by atoms with Crippen LogP contribution in [0.3, 0.4) is 0 Å². The van der Waals surface area contributed by atoms with Crippen molar-refractivity contribution < 1.29 is 4.79 Å². The first kappa shape index (κ1) is 20.8. The number of rotatable bonds is 6. The molecule has 1 amide bonds. The molecule has 0 bridgehead atoms. The van der Waals surface area contributed by atoms with E-state index in [1.54, 1.807) is 18.1 Å². The Hall–Kier alpha value is -3.51. The summed E-state index contributed by atoms with van der Waals surface area (Å²) in [5.74, 6) is -0.189. The van der Waals surface area contributed by atoms with E-state index in [-0.39, 0.29) is 5.91 Å². The SMILES string of the molecule is Cc1cnc(C(=O)N(C)Cc2cn(Cc3ccccc3Cl)nc2-c2ccccc2)cn1. The summed E-state index contributed by atoms with van der Waals surface area (Å²) >= 11 is 6.34. The van der Waals surface area contributed by atoms with E-state index in [2.05, 4.69) is 9.97 Å². The first-order valence-corrected chi connectivity index (χ1v) is 10.3. The highest BCUT2D eigenvalue weighted by molar-refractivity contribution is 6.31. The number of nitrogens with zero attached hydrogens (tertiary/aromatic N) is 5. The molecule has 0 spiro atoms. The van der Waals surface area contributed by atoms with Gasteiger partial charge in [0.2, 0.25) is 0 Å². The number of carbonyl (C=O) groups excluding carboxylic acids is 1. The molecule has 6 nitrogen and oxygen atoms in total. The molecule has 0 atom stereocenters. The minimum atomic E-state index is -0.189. The van der Waals surface area contributed by atoms with E-state index < -0.39 is 0 Å². The fourth-order valence-corrected chi connectivity index (χ4v) is 3.52. The summed E-state index contributed by atoms with van der Waals surface area (Å²) < 4.78 is 1.86. The third kappa shape index (κ3) is 4.81. The third-order valence-electron chi connectivity index (χ3n) is 4.93. The lowest BCUT2D eigenvalue weighted by molar-refractivity contribution is 0.0779. The second-order valence-corrected chi connectivity index (χ2v) is 7.77. The van der Waals surface area contributed by atoms with E-state index in [0.29, 0.717) is 23.8 Å². The van der Waals surface area contributed by atoms with Crippen molar-refractivity contribution in [3.8, 4) is 11.3 Å². The van der Waals surface area contributed by atoms with Crippen molar-refractivity contribution in [1.29, 1.82) is 0 Å². The Kier molecular flexibility index (Phi) is 6.09. The molecule has 0 saturated carbocycles. The minimum Gasteiger partial charge on any atom is -0.336 e.